The molecule has 140 valence electrons. The highest BCUT2D eigenvalue weighted by molar-refractivity contribution is 6.33. The van der Waals surface area contributed by atoms with Crippen molar-refractivity contribution < 1.29 is 0 Å². The standard InChI is InChI=1S/C20H17ClN6O/c1-27(2)15-9-8-14(17(21)10-15)12-23-26-20-24-18(13-6-4-3-5-7-13)16(11-22)19(28)25-20/h3-10,12H,1-2H3,(H2,24,25,26,28). The number of hydrogen-bond acceptors (Lipinski definition) is 6. The van der Waals surface area contributed by atoms with Gasteiger partial charge in [0, 0.05) is 30.9 Å². The zero-order chi connectivity index (χ0) is 20.1. The largest absolute Gasteiger partial charge is 0.378 e. The highest BCUT2D eigenvalue weighted by Crippen LogP contribution is 2.22. The van der Waals surface area contributed by atoms with Crippen LogP contribution in [0.2, 0.25) is 5.02 Å². The second kappa shape index (κ2) is 8.37. The SMILES string of the molecule is CN(C)c1ccc(C=NNc2nc(-c3ccccc3)c(C#N)c(=O)[nH]2)c(Cl)c1. The Bertz CT molecular complexity index is 1120. The maximum Gasteiger partial charge on any atom is 0.270 e. The number of halogens is 1. The molecule has 0 unspecified atom stereocenters. The highest BCUT2D eigenvalue weighted by Gasteiger charge is 2.12. The lowest BCUT2D eigenvalue weighted by molar-refractivity contribution is 1.08. The number of benzene rings is 2. The van der Waals surface area contributed by atoms with E-state index in [2.05, 4.69) is 20.5 Å². The summed E-state index contributed by atoms with van der Waals surface area (Å²) in [6.07, 6.45) is 1.53. The summed E-state index contributed by atoms with van der Waals surface area (Å²) >= 11 is 6.27. The Hall–Kier alpha value is -3.63. The van der Waals surface area contributed by atoms with Gasteiger partial charge in [-0.3, -0.25) is 9.78 Å². The van der Waals surface area contributed by atoms with Crippen molar-refractivity contribution in [1.82, 2.24) is 9.97 Å². The van der Waals surface area contributed by atoms with Gasteiger partial charge in [0.1, 0.15) is 11.6 Å². The van der Waals surface area contributed by atoms with Gasteiger partial charge in [0.2, 0.25) is 5.95 Å². The normalized spacial score (nSPS) is 10.6. The molecule has 3 aromatic rings. The molecule has 0 saturated heterocycles. The summed E-state index contributed by atoms with van der Waals surface area (Å²) in [5, 5.41) is 13.9. The first-order valence-corrected chi connectivity index (χ1v) is 8.73. The van der Waals surface area contributed by atoms with Gasteiger partial charge in [-0.05, 0) is 18.2 Å². The van der Waals surface area contributed by atoms with Crippen LogP contribution in [0.5, 0.6) is 0 Å². The number of hydrazone groups is 1. The highest BCUT2D eigenvalue weighted by atomic mass is 35.5. The maximum atomic E-state index is 12.2. The third-order valence-corrected chi connectivity index (χ3v) is 4.28. The van der Waals surface area contributed by atoms with Gasteiger partial charge < -0.3 is 4.90 Å². The monoisotopic (exact) mass is 392 g/mol. The number of aromatic nitrogens is 2. The molecule has 0 spiro atoms. The van der Waals surface area contributed by atoms with Gasteiger partial charge >= 0.3 is 0 Å². The summed E-state index contributed by atoms with van der Waals surface area (Å²) in [4.78, 5) is 21.0. The van der Waals surface area contributed by atoms with Crippen molar-refractivity contribution in [3.63, 3.8) is 0 Å². The fourth-order valence-corrected chi connectivity index (χ4v) is 2.72. The van der Waals surface area contributed by atoms with E-state index in [4.69, 9.17) is 11.6 Å². The van der Waals surface area contributed by atoms with Gasteiger partial charge in [0.15, 0.2) is 0 Å². The minimum atomic E-state index is -0.539. The molecule has 0 aliphatic carbocycles. The van der Waals surface area contributed by atoms with Crippen molar-refractivity contribution in [2.45, 2.75) is 0 Å². The van der Waals surface area contributed by atoms with E-state index in [0.29, 0.717) is 16.1 Å². The van der Waals surface area contributed by atoms with Gasteiger partial charge in [-0.25, -0.2) is 10.4 Å². The molecule has 1 aromatic heterocycles. The molecule has 0 atom stereocenters. The van der Waals surface area contributed by atoms with Crippen molar-refractivity contribution in [2.75, 3.05) is 24.4 Å². The van der Waals surface area contributed by atoms with Gasteiger partial charge in [0.05, 0.1) is 16.9 Å². The number of nitriles is 1. The lowest BCUT2D eigenvalue weighted by Gasteiger charge is -2.13. The zero-order valence-corrected chi connectivity index (χ0v) is 16.0. The van der Waals surface area contributed by atoms with Crippen molar-refractivity contribution in [1.29, 1.82) is 5.26 Å². The molecule has 0 amide bonds. The third-order valence-electron chi connectivity index (χ3n) is 3.95. The van der Waals surface area contributed by atoms with Crippen LogP contribution in [0.4, 0.5) is 11.6 Å². The smallest absolute Gasteiger partial charge is 0.270 e. The Morgan fingerprint density at radius 1 is 1.25 bits per heavy atom. The number of nitrogens with one attached hydrogen (secondary N) is 2. The lowest BCUT2D eigenvalue weighted by Crippen LogP contribution is -2.16. The average Bonchev–Trinajstić information content (AvgIpc) is 2.69. The molecule has 0 radical (unpaired) electrons. The first-order chi connectivity index (χ1) is 13.5. The van der Waals surface area contributed by atoms with E-state index in [9.17, 15) is 10.1 Å². The zero-order valence-electron chi connectivity index (χ0n) is 15.3. The summed E-state index contributed by atoms with van der Waals surface area (Å²) in [6, 6.07) is 16.5. The second-order valence-corrected chi connectivity index (χ2v) is 6.49. The molecular formula is C20H17ClN6O. The summed E-state index contributed by atoms with van der Waals surface area (Å²) in [5.74, 6) is 0.125. The first-order valence-electron chi connectivity index (χ1n) is 8.35. The van der Waals surface area contributed by atoms with Crippen LogP contribution in [0.3, 0.4) is 0 Å². The van der Waals surface area contributed by atoms with Gasteiger partial charge in [-0.2, -0.15) is 10.4 Å². The fraction of sp³-hybridized carbons (Fsp3) is 0.100. The Morgan fingerprint density at radius 2 is 2.00 bits per heavy atom. The molecule has 0 bridgehead atoms. The van der Waals surface area contributed by atoms with Crippen LogP contribution in [0.1, 0.15) is 11.1 Å². The minimum absolute atomic E-state index is 0.0527. The van der Waals surface area contributed by atoms with E-state index >= 15 is 0 Å². The number of H-pyrrole nitrogens is 1. The Balaban J connectivity index is 1.88. The molecule has 7 nitrogen and oxygen atoms in total. The van der Waals surface area contributed by atoms with Gasteiger partial charge in [-0.1, -0.05) is 41.9 Å². The van der Waals surface area contributed by atoms with Crippen LogP contribution >= 0.6 is 11.6 Å². The average molecular weight is 393 g/mol. The molecule has 0 saturated carbocycles. The molecule has 1 heterocycles. The fourth-order valence-electron chi connectivity index (χ4n) is 2.50. The predicted octanol–water partition coefficient (Wildman–Crippen LogP) is 3.47. The van der Waals surface area contributed by atoms with E-state index in [1.54, 1.807) is 12.1 Å². The Morgan fingerprint density at radius 3 is 2.64 bits per heavy atom. The van der Waals surface area contributed by atoms with Crippen LogP contribution in [0.25, 0.3) is 11.3 Å². The van der Waals surface area contributed by atoms with E-state index in [-0.39, 0.29) is 17.2 Å². The molecule has 8 heteroatoms. The van der Waals surface area contributed by atoms with Gasteiger partial charge in [0.25, 0.3) is 5.56 Å². The number of aromatic amines is 1. The number of anilines is 2. The van der Waals surface area contributed by atoms with Crippen LogP contribution in [-0.2, 0) is 0 Å². The van der Waals surface area contributed by atoms with Crippen LogP contribution < -0.4 is 15.9 Å². The Labute approximate surface area is 166 Å². The van der Waals surface area contributed by atoms with Crippen LogP contribution in [0, 0.1) is 11.3 Å². The van der Waals surface area contributed by atoms with Gasteiger partial charge in [-0.15, -0.1) is 0 Å². The van der Waals surface area contributed by atoms with Crippen molar-refractivity contribution in [3.05, 3.63) is 75.0 Å². The minimum Gasteiger partial charge on any atom is -0.378 e. The Kier molecular flexibility index (Phi) is 5.72. The van der Waals surface area contributed by atoms with E-state index < -0.39 is 5.56 Å². The summed E-state index contributed by atoms with van der Waals surface area (Å²) in [7, 11) is 3.86. The lowest BCUT2D eigenvalue weighted by atomic mass is 10.1. The molecule has 2 N–H and O–H groups in total. The summed E-state index contributed by atoms with van der Waals surface area (Å²) in [6.45, 7) is 0. The van der Waals surface area contributed by atoms with Crippen molar-refractivity contribution >= 4 is 29.5 Å². The van der Waals surface area contributed by atoms with E-state index in [0.717, 1.165) is 5.69 Å². The predicted molar refractivity (Wildman–Crippen MR) is 112 cm³/mol. The maximum absolute atomic E-state index is 12.2. The van der Waals surface area contributed by atoms with E-state index in [1.165, 1.54) is 6.21 Å². The van der Waals surface area contributed by atoms with Crippen LogP contribution in [0.15, 0.2) is 58.4 Å². The quantitative estimate of drug-likeness (QED) is 0.511. The summed E-state index contributed by atoms with van der Waals surface area (Å²) < 4.78 is 0. The molecule has 3 rings (SSSR count). The molecule has 2 aromatic carbocycles. The van der Waals surface area contributed by atoms with Crippen molar-refractivity contribution in [2.24, 2.45) is 5.10 Å². The number of hydrogen-bond donors (Lipinski definition) is 2. The topological polar surface area (TPSA) is 97.2 Å². The number of nitrogens with zero attached hydrogens (tertiary/aromatic N) is 4. The molecule has 0 aliphatic rings. The van der Waals surface area contributed by atoms with Crippen molar-refractivity contribution in [3.8, 4) is 17.3 Å². The molecule has 28 heavy (non-hydrogen) atoms. The molecular weight excluding hydrogens is 376 g/mol. The second-order valence-electron chi connectivity index (χ2n) is 6.09. The molecule has 0 fully saturated rings. The molecule has 0 aliphatic heterocycles. The summed E-state index contributed by atoms with van der Waals surface area (Å²) in [5.41, 5.74) is 4.73. The number of rotatable bonds is 5. The van der Waals surface area contributed by atoms with Crippen LogP contribution in [-0.4, -0.2) is 30.3 Å². The van der Waals surface area contributed by atoms with E-state index in [1.807, 2.05) is 61.5 Å². The first kappa shape index (κ1) is 19.1. The third kappa shape index (κ3) is 4.19.